The summed E-state index contributed by atoms with van der Waals surface area (Å²) in [4.78, 5) is 16.1. The minimum absolute atomic E-state index is 0.0408. The molecule has 0 spiro atoms. The Morgan fingerprint density at radius 1 is 1.18 bits per heavy atom. The molecule has 2 heterocycles. The van der Waals surface area contributed by atoms with Crippen molar-refractivity contribution in [3.63, 3.8) is 0 Å². The molecule has 152 valence electrons. The molecule has 0 saturated carbocycles. The van der Waals surface area contributed by atoms with Crippen LogP contribution in [0.1, 0.15) is 44.1 Å². The third kappa shape index (κ3) is 6.35. The Labute approximate surface area is 172 Å². The van der Waals surface area contributed by atoms with Crippen LogP contribution < -0.4 is 10.1 Å². The molecular weight excluding hydrogens is 368 g/mol. The molecule has 1 aliphatic heterocycles. The lowest BCUT2D eigenvalue weighted by Crippen LogP contribution is -2.39. The number of carbonyl (C=O) groups excluding carboxylic acids is 1. The molecule has 5 heteroatoms. The maximum atomic E-state index is 12.1. The Hall–Kier alpha value is -1.85. The molecule has 1 saturated heterocycles. The molecule has 0 radical (unpaired) electrons. The number of ether oxygens (including phenoxy) is 1. The van der Waals surface area contributed by atoms with Crippen molar-refractivity contribution in [2.75, 3.05) is 26.2 Å². The van der Waals surface area contributed by atoms with Crippen LogP contribution in [-0.2, 0) is 16.8 Å². The van der Waals surface area contributed by atoms with Crippen LogP contribution in [-0.4, -0.2) is 37.0 Å². The van der Waals surface area contributed by atoms with Crippen LogP contribution in [0, 0.1) is 5.92 Å². The number of likely N-dealkylation sites (tertiary alicyclic amines) is 1. The van der Waals surface area contributed by atoms with Gasteiger partial charge in [-0.05, 0) is 66.4 Å². The number of benzene rings is 1. The van der Waals surface area contributed by atoms with E-state index >= 15 is 0 Å². The Morgan fingerprint density at radius 2 is 1.89 bits per heavy atom. The van der Waals surface area contributed by atoms with E-state index in [-0.39, 0.29) is 17.9 Å². The number of carbonyl (C=O) groups is 1. The molecule has 0 atom stereocenters. The first-order chi connectivity index (χ1) is 13.4. The quantitative estimate of drug-likeness (QED) is 0.746. The van der Waals surface area contributed by atoms with Gasteiger partial charge in [0.1, 0.15) is 5.75 Å². The van der Waals surface area contributed by atoms with Gasteiger partial charge >= 0.3 is 0 Å². The molecule has 4 nitrogen and oxygen atoms in total. The van der Waals surface area contributed by atoms with E-state index in [0.717, 1.165) is 44.8 Å². The van der Waals surface area contributed by atoms with Gasteiger partial charge in [0.15, 0.2) is 6.61 Å². The first-order valence-corrected chi connectivity index (χ1v) is 11.0. The smallest absolute Gasteiger partial charge is 0.257 e. The van der Waals surface area contributed by atoms with Crippen molar-refractivity contribution in [3.8, 4) is 5.75 Å². The standard InChI is InChI=1S/C23H32N2O2S/c1-23(2,3)19-6-8-20(9-7-19)27-17-22(26)24-15-18-10-12-25(13-11-18)16-21-5-4-14-28-21/h4-9,14,18H,10-13,15-17H2,1-3H3,(H,24,26). The fourth-order valence-corrected chi connectivity index (χ4v) is 4.23. The van der Waals surface area contributed by atoms with E-state index in [2.05, 4.69) is 60.6 Å². The monoisotopic (exact) mass is 400 g/mol. The number of amides is 1. The summed E-state index contributed by atoms with van der Waals surface area (Å²) in [7, 11) is 0. The summed E-state index contributed by atoms with van der Waals surface area (Å²) in [6.07, 6.45) is 2.28. The maximum Gasteiger partial charge on any atom is 0.257 e. The van der Waals surface area contributed by atoms with Gasteiger partial charge in [0.25, 0.3) is 5.91 Å². The summed E-state index contributed by atoms with van der Waals surface area (Å²) >= 11 is 1.82. The van der Waals surface area contributed by atoms with E-state index in [1.807, 2.05) is 23.5 Å². The zero-order chi connectivity index (χ0) is 20.0. The molecule has 1 aliphatic rings. The van der Waals surface area contributed by atoms with Crippen LogP contribution in [0.4, 0.5) is 0 Å². The first-order valence-electron chi connectivity index (χ1n) is 10.1. The van der Waals surface area contributed by atoms with Crippen LogP contribution in [0.25, 0.3) is 0 Å². The number of thiophene rings is 1. The second-order valence-corrected chi connectivity index (χ2v) is 9.70. The van der Waals surface area contributed by atoms with Gasteiger partial charge in [0.2, 0.25) is 0 Å². The van der Waals surface area contributed by atoms with E-state index in [1.54, 1.807) is 0 Å². The highest BCUT2D eigenvalue weighted by molar-refractivity contribution is 7.09. The molecule has 3 rings (SSSR count). The summed E-state index contributed by atoms with van der Waals surface area (Å²) < 4.78 is 5.63. The Morgan fingerprint density at radius 3 is 2.50 bits per heavy atom. The van der Waals surface area contributed by atoms with Gasteiger partial charge in [0.05, 0.1) is 0 Å². The predicted octanol–water partition coefficient (Wildman–Crippen LogP) is 4.45. The fraction of sp³-hybridized carbons (Fsp3) is 0.522. The molecule has 0 unspecified atom stereocenters. The third-order valence-electron chi connectivity index (χ3n) is 5.34. The van der Waals surface area contributed by atoms with Crippen molar-refractivity contribution in [1.29, 1.82) is 0 Å². The minimum Gasteiger partial charge on any atom is -0.484 e. The highest BCUT2D eigenvalue weighted by atomic mass is 32.1. The summed E-state index contributed by atoms with van der Waals surface area (Å²) in [5.74, 6) is 1.26. The lowest BCUT2D eigenvalue weighted by atomic mass is 9.87. The number of hydrogen-bond donors (Lipinski definition) is 1. The van der Waals surface area contributed by atoms with Crippen LogP contribution in [0.3, 0.4) is 0 Å². The minimum atomic E-state index is -0.0408. The van der Waals surface area contributed by atoms with Crippen molar-refractivity contribution < 1.29 is 9.53 Å². The summed E-state index contributed by atoms with van der Waals surface area (Å²) in [6.45, 7) is 10.6. The van der Waals surface area contributed by atoms with Crippen LogP contribution in [0.2, 0.25) is 0 Å². The van der Waals surface area contributed by atoms with Crippen molar-refractivity contribution in [3.05, 3.63) is 52.2 Å². The topological polar surface area (TPSA) is 41.6 Å². The number of nitrogens with one attached hydrogen (secondary N) is 1. The fourth-order valence-electron chi connectivity index (χ4n) is 3.48. The summed E-state index contributed by atoms with van der Waals surface area (Å²) in [6, 6.07) is 12.3. The van der Waals surface area contributed by atoms with E-state index in [1.165, 1.54) is 10.4 Å². The van der Waals surface area contributed by atoms with E-state index < -0.39 is 0 Å². The lowest BCUT2D eigenvalue weighted by molar-refractivity contribution is -0.123. The largest absolute Gasteiger partial charge is 0.484 e. The van der Waals surface area contributed by atoms with Gasteiger partial charge in [-0.2, -0.15) is 0 Å². The number of hydrogen-bond acceptors (Lipinski definition) is 4. The molecule has 1 aromatic heterocycles. The average Bonchev–Trinajstić information content (AvgIpc) is 3.18. The summed E-state index contributed by atoms with van der Waals surface area (Å²) in [5.41, 5.74) is 1.38. The Kier molecular flexibility index (Phi) is 7.13. The van der Waals surface area contributed by atoms with Gasteiger partial charge < -0.3 is 10.1 Å². The van der Waals surface area contributed by atoms with E-state index in [9.17, 15) is 4.79 Å². The van der Waals surface area contributed by atoms with Crippen molar-refractivity contribution in [2.24, 2.45) is 5.92 Å². The molecule has 1 N–H and O–H groups in total. The van der Waals surface area contributed by atoms with Crippen molar-refractivity contribution in [1.82, 2.24) is 10.2 Å². The molecule has 2 aromatic rings. The van der Waals surface area contributed by atoms with Crippen LogP contribution in [0.5, 0.6) is 5.75 Å². The van der Waals surface area contributed by atoms with E-state index in [4.69, 9.17) is 4.74 Å². The zero-order valence-corrected chi connectivity index (χ0v) is 18.1. The Balaban J connectivity index is 1.32. The molecule has 1 fully saturated rings. The molecule has 0 aliphatic carbocycles. The van der Waals surface area contributed by atoms with Crippen LogP contribution >= 0.6 is 11.3 Å². The molecule has 1 aromatic carbocycles. The SMILES string of the molecule is CC(C)(C)c1ccc(OCC(=O)NCC2CCN(Cc3cccs3)CC2)cc1. The third-order valence-corrected chi connectivity index (χ3v) is 6.21. The lowest BCUT2D eigenvalue weighted by Gasteiger charge is -2.31. The Bertz CT molecular complexity index is 727. The highest BCUT2D eigenvalue weighted by Gasteiger charge is 2.20. The molecule has 0 bridgehead atoms. The number of rotatable bonds is 7. The molecular formula is C23H32N2O2S. The number of piperidine rings is 1. The first kappa shape index (κ1) is 20.9. The number of nitrogens with zero attached hydrogens (tertiary/aromatic N) is 1. The van der Waals surface area contributed by atoms with Gasteiger partial charge in [-0.3, -0.25) is 9.69 Å². The second kappa shape index (κ2) is 9.57. The normalized spacial score (nSPS) is 16.1. The zero-order valence-electron chi connectivity index (χ0n) is 17.2. The van der Waals surface area contributed by atoms with Gasteiger partial charge in [-0.15, -0.1) is 11.3 Å². The van der Waals surface area contributed by atoms with Crippen molar-refractivity contribution >= 4 is 17.2 Å². The average molecular weight is 401 g/mol. The van der Waals surface area contributed by atoms with Crippen molar-refractivity contribution in [2.45, 2.75) is 45.6 Å². The highest BCUT2D eigenvalue weighted by Crippen LogP contribution is 2.24. The molecule has 1 amide bonds. The van der Waals surface area contributed by atoms with Gasteiger partial charge in [0, 0.05) is 18.0 Å². The molecule has 28 heavy (non-hydrogen) atoms. The van der Waals surface area contributed by atoms with Gasteiger partial charge in [-0.1, -0.05) is 39.0 Å². The van der Waals surface area contributed by atoms with Gasteiger partial charge in [-0.25, -0.2) is 0 Å². The van der Waals surface area contributed by atoms with Crippen LogP contribution in [0.15, 0.2) is 41.8 Å². The second-order valence-electron chi connectivity index (χ2n) is 8.67. The predicted molar refractivity (Wildman–Crippen MR) is 116 cm³/mol. The maximum absolute atomic E-state index is 12.1. The summed E-state index contributed by atoms with van der Waals surface area (Å²) in [5, 5.41) is 5.18. The van der Waals surface area contributed by atoms with E-state index in [0.29, 0.717) is 5.92 Å².